The first-order valence-electron chi connectivity index (χ1n) is 5.77. The summed E-state index contributed by atoms with van der Waals surface area (Å²) in [6.45, 7) is 0. The first kappa shape index (κ1) is 14.1. The molecular formula is C13H12ClN5O. The smallest absolute Gasteiger partial charge is 0.242 e. The molecule has 1 heterocycles. The SMILES string of the molecule is C#CCC(N)C(=O)Nc1cccc(Cl)c1-n1cncn1. The van der Waals surface area contributed by atoms with Crippen LogP contribution in [0.1, 0.15) is 6.42 Å². The third-order valence-corrected chi connectivity index (χ3v) is 2.87. The van der Waals surface area contributed by atoms with Gasteiger partial charge in [0, 0.05) is 6.42 Å². The molecule has 0 radical (unpaired) electrons. The minimum absolute atomic E-state index is 0.158. The summed E-state index contributed by atoms with van der Waals surface area (Å²) in [5, 5.41) is 7.12. The van der Waals surface area contributed by atoms with Crippen LogP contribution in [0.3, 0.4) is 0 Å². The fourth-order valence-corrected chi connectivity index (χ4v) is 1.88. The molecule has 1 aromatic carbocycles. The van der Waals surface area contributed by atoms with E-state index in [0.29, 0.717) is 16.4 Å². The van der Waals surface area contributed by atoms with Gasteiger partial charge in [-0.15, -0.1) is 12.3 Å². The van der Waals surface area contributed by atoms with E-state index in [4.69, 9.17) is 23.8 Å². The predicted molar refractivity (Wildman–Crippen MR) is 76.4 cm³/mol. The number of para-hydroxylation sites is 1. The molecule has 0 saturated carbocycles. The number of halogens is 1. The van der Waals surface area contributed by atoms with Crippen LogP contribution in [0.2, 0.25) is 5.02 Å². The average molecular weight is 290 g/mol. The van der Waals surface area contributed by atoms with E-state index in [1.54, 1.807) is 18.2 Å². The van der Waals surface area contributed by atoms with E-state index in [-0.39, 0.29) is 12.3 Å². The highest BCUT2D eigenvalue weighted by Crippen LogP contribution is 2.27. The van der Waals surface area contributed by atoms with Gasteiger partial charge in [0.15, 0.2) is 0 Å². The number of terminal acetylenes is 1. The topological polar surface area (TPSA) is 85.8 Å². The Morgan fingerprint density at radius 1 is 1.60 bits per heavy atom. The second-order valence-corrected chi connectivity index (χ2v) is 4.39. The quantitative estimate of drug-likeness (QED) is 0.829. The van der Waals surface area contributed by atoms with Crippen molar-refractivity contribution < 1.29 is 4.79 Å². The molecule has 2 rings (SSSR count). The number of amides is 1. The number of carbonyl (C=O) groups excluding carboxylic acids is 1. The summed E-state index contributed by atoms with van der Waals surface area (Å²) >= 11 is 6.14. The van der Waals surface area contributed by atoms with Gasteiger partial charge in [0.2, 0.25) is 5.91 Å². The molecule has 0 spiro atoms. The van der Waals surface area contributed by atoms with Gasteiger partial charge in [-0.3, -0.25) is 4.79 Å². The lowest BCUT2D eigenvalue weighted by Gasteiger charge is -2.14. The number of benzene rings is 1. The van der Waals surface area contributed by atoms with Crippen LogP contribution in [0.25, 0.3) is 5.69 Å². The van der Waals surface area contributed by atoms with Crippen molar-refractivity contribution in [3.8, 4) is 18.0 Å². The fraction of sp³-hybridized carbons (Fsp3) is 0.154. The third kappa shape index (κ3) is 2.96. The van der Waals surface area contributed by atoms with Gasteiger partial charge in [0.25, 0.3) is 0 Å². The Hall–Kier alpha value is -2.36. The molecule has 2 aromatic rings. The van der Waals surface area contributed by atoms with E-state index in [9.17, 15) is 4.79 Å². The first-order valence-corrected chi connectivity index (χ1v) is 6.14. The molecule has 3 N–H and O–H groups in total. The maximum absolute atomic E-state index is 11.9. The zero-order valence-electron chi connectivity index (χ0n) is 10.5. The summed E-state index contributed by atoms with van der Waals surface area (Å²) < 4.78 is 1.46. The summed E-state index contributed by atoms with van der Waals surface area (Å²) in [6, 6.07) is 4.33. The van der Waals surface area contributed by atoms with E-state index in [2.05, 4.69) is 21.3 Å². The number of rotatable bonds is 4. The van der Waals surface area contributed by atoms with Gasteiger partial charge >= 0.3 is 0 Å². The predicted octanol–water partition coefficient (Wildman–Crippen LogP) is 1.21. The molecular weight excluding hydrogens is 278 g/mol. The van der Waals surface area contributed by atoms with Crippen LogP contribution in [-0.2, 0) is 4.79 Å². The molecule has 6 nitrogen and oxygen atoms in total. The third-order valence-electron chi connectivity index (χ3n) is 2.57. The van der Waals surface area contributed by atoms with Crippen LogP contribution in [0.4, 0.5) is 5.69 Å². The van der Waals surface area contributed by atoms with Crippen LogP contribution in [0.5, 0.6) is 0 Å². The minimum Gasteiger partial charge on any atom is -0.323 e. The van der Waals surface area contributed by atoms with Gasteiger partial charge < -0.3 is 11.1 Å². The van der Waals surface area contributed by atoms with Crippen molar-refractivity contribution in [2.45, 2.75) is 12.5 Å². The van der Waals surface area contributed by atoms with Crippen LogP contribution in [0.15, 0.2) is 30.9 Å². The number of aromatic nitrogens is 3. The monoisotopic (exact) mass is 289 g/mol. The molecule has 0 aliphatic heterocycles. The fourth-order valence-electron chi connectivity index (χ4n) is 1.62. The summed E-state index contributed by atoms with van der Waals surface area (Å²) in [7, 11) is 0. The lowest BCUT2D eigenvalue weighted by molar-refractivity contribution is -0.117. The maximum atomic E-state index is 11.9. The Balaban J connectivity index is 2.32. The van der Waals surface area contributed by atoms with E-state index in [0.717, 1.165) is 0 Å². The number of nitrogens with one attached hydrogen (secondary N) is 1. The Morgan fingerprint density at radius 2 is 2.40 bits per heavy atom. The molecule has 7 heteroatoms. The van der Waals surface area contributed by atoms with Crippen molar-refractivity contribution in [2.75, 3.05) is 5.32 Å². The normalized spacial score (nSPS) is 11.7. The van der Waals surface area contributed by atoms with Crippen molar-refractivity contribution in [1.82, 2.24) is 14.8 Å². The Labute approximate surface area is 120 Å². The highest BCUT2D eigenvalue weighted by atomic mass is 35.5. The maximum Gasteiger partial charge on any atom is 0.242 e. The summed E-state index contributed by atoms with van der Waals surface area (Å²) in [6.07, 6.45) is 8.15. The van der Waals surface area contributed by atoms with Crippen LogP contribution in [-0.4, -0.2) is 26.7 Å². The molecule has 1 unspecified atom stereocenters. The second kappa shape index (κ2) is 6.19. The van der Waals surface area contributed by atoms with Crippen molar-refractivity contribution in [3.63, 3.8) is 0 Å². The van der Waals surface area contributed by atoms with Crippen molar-refractivity contribution in [2.24, 2.45) is 5.73 Å². The van der Waals surface area contributed by atoms with Gasteiger partial charge in [0.1, 0.15) is 18.3 Å². The van der Waals surface area contributed by atoms with E-state index in [1.807, 2.05) is 0 Å². The number of hydrogen-bond donors (Lipinski definition) is 2. The van der Waals surface area contributed by atoms with Gasteiger partial charge in [-0.1, -0.05) is 17.7 Å². The Morgan fingerprint density at radius 3 is 3.05 bits per heavy atom. The number of hydrogen-bond acceptors (Lipinski definition) is 4. The van der Waals surface area contributed by atoms with Gasteiger partial charge in [0.05, 0.1) is 16.8 Å². The van der Waals surface area contributed by atoms with Crippen LogP contribution >= 0.6 is 11.6 Å². The molecule has 0 fully saturated rings. The van der Waals surface area contributed by atoms with Crippen molar-refractivity contribution in [3.05, 3.63) is 35.9 Å². The number of anilines is 1. The van der Waals surface area contributed by atoms with Crippen LogP contribution < -0.4 is 11.1 Å². The molecule has 1 aromatic heterocycles. The molecule has 0 aliphatic rings. The second-order valence-electron chi connectivity index (χ2n) is 3.98. The average Bonchev–Trinajstić information content (AvgIpc) is 2.92. The van der Waals surface area contributed by atoms with E-state index >= 15 is 0 Å². The highest BCUT2D eigenvalue weighted by molar-refractivity contribution is 6.33. The summed E-state index contributed by atoms with van der Waals surface area (Å²) in [5.41, 5.74) is 6.67. The van der Waals surface area contributed by atoms with Gasteiger partial charge in [-0.25, -0.2) is 9.67 Å². The first-order chi connectivity index (χ1) is 9.63. The molecule has 1 amide bonds. The number of nitrogens with two attached hydrogens (primary N) is 1. The standard InChI is InChI=1S/C13H12ClN5O/c1-2-4-10(15)13(20)18-11-6-3-5-9(14)12(11)19-8-16-7-17-19/h1,3,5-8,10H,4,15H2,(H,18,20). The summed E-state index contributed by atoms with van der Waals surface area (Å²) in [4.78, 5) is 15.8. The van der Waals surface area contributed by atoms with Crippen molar-refractivity contribution >= 4 is 23.2 Å². The molecule has 20 heavy (non-hydrogen) atoms. The molecule has 102 valence electrons. The molecule has 1 atom stereocenters. The van der Waals surface area contributed by atoms with Gasteiger partial charge in [-0.05, 0) is 12.1 Å². The number of carbonyl (C=O) groups is 1. The van der Waals surface area contributed by atoms with Crippen molar-refractivity contribution in [1.29, 1.82) is 0 Å². The van der Waals surface area contributed by atoms with E-state index in [1.165, 1.54) is 17.3 Å². The largest absolute Gasteiger partial charge is 0.323 e. The molecule has 0 saturated heterocycles. The zero-order valence-corrected chi connectivity index (χ0v) is 11.2. The number of nitrogens with zero attached hydrogens (tertiary/aromatic N) is 3. The van der Waals surface area contributed by atoms with E-state index < -0.39 is 6.04 Å². The Kier molecular flexibility index (Phi) is 4.35. The zero-order chi connectivity index (χ0) is 14.5. The molecule has 0 aliphatic carbocycles. The van der Waals surface area contributed by atoms with Crippen LogP contribution in [0, 0.1) is 12.3 Å². The lowest BCUT2D eigenvalue weighted by atomic mass is 10.2. The highest BCUT2D eigenvalue weighted by Gasteiger charge is 2.16. The van der Waals surface area contributed by atoms with Gasteiger partial charge in [-0.2, -0.15) is 5.10 Å². The summed E-state index contributed by atoms with van der Waals surface area (Å²) in [5.74, 6) is 1.97. The minimum atomic E-state index is -0.775. The lowest BCUT2D eigenvalue weighted by Crippen LogP contribution is -2.35. The Bertz CT molecular complexity index is 647. The molecule has 0 bridgehead atoms.